The van der Waals surface area contributed by atoms with Gasteiger partial charge in [0.15, 0.2) is 5.60 Å². The van der Waals surface area contributed by atoms with E-state index < -0.39 is 11.5 Å². The van der Waals surface area contributed by atoms with Gasteiger partial charge in [0, 0.05) is 46.8 Å². The highest BCUT2D eigenvalue weighted by Gasteiger charge is 2.32. The van der Waals surface area contributed by atoms with Gasteiger partial charge < -0.3 is 10.4 Å². The number of carbonyl (C=O) groups excluding carboxylic acids is 1. The molecule has 34 heavy (non-hydrogen) atoms. The SMILES string of the molecule is Cn1cc(-c2cc3c(-c4ccc(NC(=O)[C@@](C)(O)c5ccc(Cl)cc5)cc4)ncnn3c2)cn1. The summed E-state index contributed by atoms with van der Waals surface area (Å²) < 4.78 is 3.53. The van der Waals surface area contributed by atoms with Crippen molar-refractivity contribution in [3.63, 3.8) is 0 Å². The Morgan fingerprint density at radius 1 is 1.00 bits per heavy atom. The number of aryl methyl sites for hydroxylation is 1. The second-order valence-electron chi connectivity index (χ2n) is 8.18. The summed E-state index contributed by atoms with van der Waals surface area (Å²) in [5.41, 5.74) is 3.75. The van der Waals surface area contributed by atoms with Crippen LogP contribution in [0.1, 0.15) is 12.5 Å². The molecule has 0 radical (unpaired) electrons. The molecule has 0 saturated carbocycles. The number of aromatic nitrogens is 5. The largest absolute Gasteiger partial charge is 0.376 e. The monoisotopic (exact) mass is 472 g/mol. The number of benzene rings is 2. The number of hydrogen-bond acceptors (Lipinski definition) is 5. The standard InChI is InChI=1S/C25H21ClN6O2/c1-25(34,19-5-7-20(26)8-6-19)24(33)30-21-9-3-16(4-10-21)23-22-11-17(14-32(22)29-15-27-23)18-12-28-31(2)13-18/h3-15,34H,1-2H3,(H,30,33)/t25-/m0/s1. The zero-order chi connectivity index (χ0) is 23.9. The summed E-state index contributed by atoms with van der Waals surface area (Å²) in [6.07, 6.45) is 7.19. The molecule has 3 aromatic heterocycles. The molecule has 0 aliphatic carbocycles. The van der Waals surface area contributed by atoms with Gasteiger partial charge >= 0.3 is 0 Å². The molecule has 170 valence electrons. The van der Waals surface area contributed by atoms with E-state index in [1.165, 1.54) is 13.3 Å². The highest BCUT2D eigenvalue weighted by atomic mass is 35.5. The quantitative estimate of drug-likeness (QED) is 0.397. The van der Waals surface area contributed by atoms with Gasteiger partial charge in [-0.15, -0.1) is 0 Å². The lowest BCUT2D eigenvalue weighted by Gasteiger charge is -2.23. The zero-order valence-corrected chi connectivity index (χ0v) is 19.2. The maximum Gasteiger partial charge on any atom is 0.260 e. The highest BCUT2D eigenvalue weighted by molar-refractivity contribution is 6.30. The Labute approximate surface area is 200 Å². The lowest BCUT2D eigenvalue weighted by atomic mass is 9.95. The van der Waals surface area contributed by atoms with Gasteiger partial charge in [-0.25, -0.2) is 9.50 Å². The molecule has 8 nitrogen and oxygen atoms in total. The number of anilines is 1. The Bertz CT molecular complexity index is 1490. The van der Waals surface area contributed by atoms with Crippen molar-refractivity contribution in [2.75, 3.05) is 5.32 Å². The molecule has 0 fully saturated rings. The van der Waals surface area contributed by atoms with Crippen LogP contribution in [-0.2, 0) is 17.4 Å². The molecular formula is C25H21ClN6O2. The number of fused-ring (bicyclic) bond motifs is 1. The Morgan fingerprint density at radius 3 is 2.41 bits per heavy atom. The van der Waals surface area contributed by atoms with Gasteiger partial charge in [-0.3, -0.25) is 9.48 Å². The molecule has 0 aliphatic heterocycles. The minimum absolute atomic E-state index is 0.451. The Balaban J connectivity index is 1.39. The van der Waals surface area contributed by atoms with Crippen LogP contribution in [0.4, 0.5) is 5.69 Å². The summed E-state index contributed by atoms with van der Waals surface area (Å²) in [6, 6.07) is 15.8. The summed E-state index contributed by atoms with van der Waals surface area (Å²) in [7, 11) is 1.87. The first-order chi connectivity index (χ1) is 16.3. The van der Waals surface area contributed by atoms with Crippen molar-refractivity contribution in [3.8, 4) is 22.4 Å². The van der Waals surface area contributed by atoms with Gasteiger partial charge in [-0.1, -0.05) is 35.9 Å². The van der Waals surface area contributed by atoms with Gasteiger partial charge in [0.2, 0.25) is 0 Å². The molecule has 0 aliphatic rings. The maximum absolute atomic E-state index is 12.8. The first kappa shape index (κ1) is 21.8. The third-order valence-corrected chi connectivity index (χ3v) is 5.96. The third-order valence-electron chi connectivity index (χ3n) is 5.71. The molecule has 0 spiro atoms. The van der Waals surface area contributed by atoms with E-state index in [9.17, 15) is 9.90 Å². The zero-order valence-electron chi connectivity index (χ0n) is 18.5. The van der Waals surface area contributed by atoms with Crippen molar-refractivity contribution in [2.24, 2.45) is 7.05 Å². The van der Waals surface area contributed by atoms with Crippen LogP contribution in [-0.4, -0.2) is 35.4 Å². The van der Waals surface area contributed by atoms with Crippen LogP contribution in [0, 0.1) is 0 Å². The van der Waals surface area contributed by atoms with Crippen LogP contribution in [0.2, 0.25) is 5.02 Å². The number of carbonyl (C=O) groups is 1. The van der Waals surface area contributed by atoms with Crippen molar-refractivity contribution in [1.29, 1.82) is 0 Å². The second-order valence-corrected chi connectivity index (χ2v) is 8.62. The Kier molecular flexibility index (Phi) is 5.39. The van der Waals surface area contributed by atoms with Gasteiger partial charge in [0.05, 0.1) is 17.4 Å². The molecule has 2 N–H and O–H groups in total. The molecular weight excluding hydrogens is 452 g/mol. The van der Waals surface area contributed by atoms with E-state index in [2.05, 4.69) is 20.5 Å². The number of aliphatic hydroxyl groups is 1. The third kappa shape index (κ3) is 4.05. The van der Waals surface area contributed by atoms with Gasteiger partial charge in [0.25, 0.3) is 5.91 Å². The number of rotatable bonds is 5. The lowest BCUT2D eigenvalue weighted by molar-refractivity contribution is -0.133. The van der Waals surface area contributed by atoms with Crippen molar-refractivity contribution < 1.29 is 9.90 Å². The average Bonchev–Trinajstić information content (AvgIpc) is 3.46. The van der Waals surface area contributed by atoms with Crippen molar-refractivity contribution >= 4 is 28.7 Å². The summed E-state index contributed by atoms with van der Waals surface area (Å²) in [6.45, 7) is 1.45. The van der Waals surface area contributed by atoms with Crippen molar-refractivity contribution in [2.45, 2.75) is 12.5 Å². The van der Waals surface area contributed by atoms with E-state index >= 15 is 0 Å². The summed E-state index contributed by atoms with van der Waals surface area (Å²) in [5, 5.41) is 22.6. The smallest absolute Gasteiger partial charge is 0.260 e. The van der Waals surface area contributed by atoms with E-state index in [1.807, 2.05) is 37.6 Å². The first-order valence-electron chi connectivity index (χ1n) is 10.5. The molecule has 9 heteroatoms. The summed E-state index contributed by atoms with van der Waals surface area (Å²) >= 11 is 5.91. The second kappa shape index (κ2) is 8.40. The molecule has 5 aromatic rings. The molecule has 1 atom stereocenters. The maximum atomic E-state index is 12.8. The van der Waals surface area contributed by atoms with Crippen LogP contribution >= 0.6 is 11.6 Å². The summed E-state index contributed by atoms with van der Waals surface area (Å²) in [4.78, 5) is 17.2. The molecule has 1 amide bonds. The number of nitrogens with one attached hydrogen (secondary N) is 1. The van der Waals surface area contributed by atoms with Gasteiger partial charge in [0.1, 0.15) is 6.33 Å². The van der Waals surface area contributed by atoms with Crippen molar-refractivity contribution in [1.82, 2.24) is 24.4 Å². The van der Waals surface area contributed by atoms with E-state index in [4.69, 9.17) is 11.6 Å². The van der Waals surface area contributed by atoms with Crippen molar-refractivity contribution in [3.05, 3.63) is 90.1 Å². The topological polar surface area (TPSA) is 97.3 Å². The molecule has 0 bridgehead atoms. The number of nitrogens with zero attached hydrogens (tertiary/aromatic N) is 5. The predicted octanol–water partition coefficient (Wildman–Crippen LogP) is 4.30. The Morgan fingerprint density at radius 2 is 1.74 bits per heavy atom. The lowest BCUT2D eigenvalue weighted by Crippen LogP contribution is -2.37. The number of hydrogen-bond donors (Lipinski definition) is 2. The molecule has 0 saturated heterocycles. The van der Waals surface area contributed by atoms with E-state index in [0.717, 1.165) is 27.9 Å². The number of amides is 1. The first-order valence-corrected chi connectivity index (χ1v) is 10.9. The fourth-order valence-electron chi connectivity index (χ4n) is 3.75. The molecule has 5 rings (SSSR count). The molecule has 0 unspecified atom stereocenters. The predicted molar refractivity (Wildman–Crippen MR) is 130 cm³/mol. The van der Waals surface area contributed by atoms with Crippen LogP contribution < -0.4 is 5.32 Å². The van der Waals surface area contributed by atoms with Crippen LogP contribution in [0.5, 0.6) is 0 Å². The van der Waals surface area contributed by atoms with Gasteiger partial charge in [-0.05, 0) is 42.8 Å². The summed E-state index contributed by atoms with van der Waals surface area (Å²) in [5.74, 6) is -0.542. The Hall–Kier alpha value is -4.01. The molecule has 3 heterocycles. The van der Waals surface area contributed by atoms with E-state index in [1.54, 1.807) is 51.8 Å². The average molecular weight is 473 g/mol. The van der Waals surface area contributed by atoms with Crippen LogP contribution in [0.3, 0.4) is 0 Å². The normalized spacial score (nSPS) is 13.1. The molecule has 2 aromatic carbocycles. The van der Waals surface area contributed by atoms with Crippen LogP contribution in [0.25, 0.3) is 27.9 Å². The van der Waals surface area contributed by atoms with E-state index in [-0.39, 0.29) is 0 Å². The fourth-order valence-corrected chi connectivity index (χ4v) is 3.88. The number of halogens is 1. The highest BCUT2D eigenvalue weighted by Crippen LogP contribution is 2.29. The van der Waals surface area contributed by atoms with Crippen LogP contribution in [0.15, 0.2) is 79.5 Å². The van der Waals surface area contributed by atoms with Gasteiger partial charge in [-0.2, -0.15) is 10.2 Å². The fraction of sp³-hybridized carbons (Fsp3) is 0.120. The minimum Gasteiger partial charge on any atom is -0.376 e. The van der Waals surface area contributed by atoms with E-state index in [0.29, 0.717) is 16.3 Å². The minimum atomic E-state index is -1.71.